The van der Waals surface area contributed by atoms with Gasteiger partial charge in [0.05, 0.1) is 12.6 Å². The Balaban J connectivity index is 2.43. The summed E-state index contributed by atoms with van der Waals surface area (Å²) in [5, 5.41) is 13.1. The molecule has 0 fully saturated rings. The van der Waals surface area contributed by atoms with Crippen LogP contribution in [-0.4, -0.2) is 33.9 Å². The molecule has 1 aromatic heterocycles. The van der Waals surface area contributed by atoms with E-state index in [9.17, 15) is 5.11 Å². The lowest BCUT2D eigenvalue weighted by Crippen LogP contribution is -2.31. The molecule has 1 atom stereocenters. The van der Waals surface area contributed by atoms with Crippen LogP contribution < -0.4 is 5.32 Å². The third-order valence-electron chi connectivity index (χ3n) is 2.48. The van der Waals surface area contributed by atoms with Crippen molar-refractivity contribution in [2.75, 3.05) is 13.1 Å². The van der Waals surface area contributed by atoms with Gasteiger partial charge in [-0.15, -0.1) is 0 Å². The first kappa shape index (κ1) is 13.2. The molecule has 4 heteroatoms. The molecule has 0 saturated carbocycles. The lowest BCUT2D eigenvalue weighted by Gasteiger charge is -2.15. The van der Waals surface area contributed by atoms with Crippen LogP contribution in [0.3, 0.4) is 0 Å². The van der Waals surface area contributed by atoms with Gasteiger partial charge in [0.2, 0.25) is 0 Å². The van der Waals surface area contributed by atoms with Gasteiger partial charge in [-0.05, 0) is 13.0 Å². The lowest BCUT2D eigenvalue weighted by atomic mass is 10.2. The summed E-state index contributed by atoms with van der Waals surface area (Å²) in [6.45, 7) is 8.55. The van der Waals surface area contributed by atoms with Gasteiger partial charge in [-0.3, -0.25) is 0 Å². The van der Waals surface area contributed by atoms with Gasteiger partial charge in [0.1, 0.15) is 5.82 Å². The highest BCUT2D eigenvalue weighted by molar-refractivity contribution is 4.97. The number of nitrogens with one attached hydrogen (secondary N) is 1. The fraction of sp³-hybridized carbons (Fsp3) is 0.750. The highest BCUT2D eigenvalue weighted by Gasteiger charge is 2.10. The summed E-state index contributed by atoms with van der Waals surface area (Å²) in [5.41, 5.74) is 0. The van der Waals surface area contributed by atoms with Crippen molar-refractivity contribution in [2.24, 2.45) is 0 Å². The molecule has 4 nitrogen and oxygen atoms in total. The highest BCUT2D eigenvalue weighted by Crippen LogP contribution is 2.11. The molecule has 2 N–H and O–H groups in total. The summed E-state index contributed by atoms with van der Waals surface area (Å²) in [5.74, 6) is 1.43. The summed E-state index contributed by atoms with van der Waals surface area (Å²) < 4.78 is 2.03. The van der Waals surface area contributed by atoms with E-state index in [-0.39, 0.29) is 6.10 Å². The molecular formula is C12H23N3O. The summed E-state index contributed by atoms with van der Waals surface area (Å²) in [6, 6.07) is 0. The molecule has 1 unspecified atom stereocenters. The summed E-state index contributed by atoms with van der Waals surface area (Å²) in [7, 11) is 0. The van der Waals surface area contributed by atoms with E-state index in [0.29, 0.717) is 19.0 Å². The minimum atomic E-state index is -0.349. The topological polar surface area (TPSA) is 50.1 Å². The van der Waals surface area contributed by atoms with Gasteiger partial charge in [0.25, 0.3) is 0 Å². The Morgan fingerprint density at radius 3 is 2.88 bits per heavy atom. The molecule has 92 valence electrons. The normalized spacial score (nSPS) is 13.3. The molecule has 0 aliphatic carbocycles. The number of hydrogen-bond donors (Lipinski definition) is 2. The zero-order chi connectivity index (χ0) is 12.0. The van der Waals surface area contributed by atoms with Crippen LogP contribution >= 0.6 is 0 Å². The maximum Gasteiger partial charge on any atom is 0.111 e. The van der Waals surface area contributed by atoms with E-state index >= 15 is 0 Å². The van der Waals surface area contributed by atoms with Gasteiger partial charge in [-0.2, -0.15) is 0 Å². The van der Waals surface area contributed by atoms with Gasteiger partial charge in [-0.1, -0.05) is 20.8 Å². The molecule has 0 amide bonds. The van der Waals surface area contributed by atoms with Crippen molar-refractivity contribution in [3.63, 3.8) is 0 Å². The van der Waals surface area contributed by atoms with Crippen LogP contribution in [0, 0.1) is 0 Å². The molecule has 0 aliphatic heterocycles. The van der Waals surface area contributed by atoms with E-state index in [1.54, 1.807) is 6.20 Å². The van der Waals surface area contributed by atoms with Gasteiger partial charge < -0.3 is 15.0 Å². The van der Waals surface area contributed by atoms with Crippen LogP contribution in [0.5, 0.6) is 0 Å². The van der Waals surface area contributed by atoms with Gasteiger partial charge in [-0.25, -0.2) is 4.98 Å². The van der Waals surface area contributed by atoms with Gasteiger partial charge >= 0.3 is 0 Å². The number of nitrogens with zero attached hydrogens (tertiary/aromatic N) is 2. The molecule has 0 radical (unpaired) electrons. The second-order valence-corrected chi connectivity index (χ2v) is 4.45. The highest BCUT2D eigenvalue weighted by atomic mass is 16.3. The number of hydrogen-bond acceptors (Lipinski definition) is 3. The van der Waals surface area contributed by atoms with E-state index in [1.165, 1.54) is 0 Å². The molecular weight excluding hydrogens is 202 g/mol. The van der Waals surface area contributed by atoms with E-state index < -0.39 is 0 Å². The summed E-state index contributed by atoms with van der Waals surface area (Å²) in [4.78, 5) is 4.30. The predicted molar refractivity (Wildman–Crippen MR) is 65.5 cm³/mol. The second kappa shape index (κ2) is 6.66. The van der Waals surface area contributed by atoms with Crippen molar-refractivity contribution in [1.82, 2.24) is 14.9 Å². The van der Waals surface area contributed by atoms with Crippen molar-refractivity contribution in [2.45, 2.75) is 45.8 Å². The first-order chi connectivity index (χ1) is 7.65. The first-order valence-corrected chi connectivity index (χ1v) is 6.05. The van der Waals surface area contributed by atoms with Crippen molar-refractivity contribution in [3.05, 3.63) is 18.2 Å². The van der Waals surface area contributed by atoms with Crippen LogP contribution in [0.1, 0.15) is 38.9 Å². The van der Waals surface area contributed by atoms with E-state index in [4.69, 9.17) is 0 Å². The van der Waals surface area contributed by atoms with Gasteiger partial charge in [0, 0.05) is 24.9 Å². The van der Waals surface area contributed by atoms with Crippen LogP contribution in [0.15, 0.2) is 12.4 Å². The predicted octanol–water partition coefficient (Wildman–Crippen LogP) is 1.37. The second-order valence-electron chi connectivity index (χ2n) is 4.45. The van der Waals surface area contributed by atoms with Crippen molar-refractivity contribution < 1.29 is 5.11 Å². The van der Waals surface area contributed by atoms with Crippen molar-refractivity contribution in [1.29, 1.82) is 0 Å². The molecule has 1 aromatic rings. The maximum atomic E-state index is 9.84. The van der Waals surface area contributed by atoms with Crippen molar-refractivity contribution in [3.8, 4) is 0 Å². The minimum absolute atomic E-state index is 0.349. The fourth-order valence-corrected chi connectivity index (χ4v) is 1.71. The molecule has 0 saturated heterocycles. The van der Waals surface area contributed by atoms with Crippen LogP contribution in [0.2, 0.25) is 0 Å². The van der Waals surface area contributed by atoms with Crippen LogP contribution in [0.25, 0.3) is 0 Å². The van der Waals surface area contributed by atoms with Crippen molar-refractivity contribution >= 4 is 0 Å². The van der Waals surface area contributed by atoms with E-state index in [1.807, 2.05) is 10.8 Å². The Morgan fingerprint density at radius 1 is 1.50 bits per heavy atom. The van der Waals surface area contributed by atoms with Crippen LogP contribution in [-0.2, 0) is 6.54 Å². The Labute approximate surface area is 97.7 Å². The zero-order valence-electron chi connectivity index (χ0n) is 10.5. The first-order valence-electron chi connectivity index (χ1n) is 6.05. The quantitative estimate of drug-likeness (QED) is 0.689. The molecule has 0 spiro atoms. The standard InChI is InChI=1S/C12H23N3O/c1-4-5-13-8-11(16)9-15-7-6-14-12(15)10(2)3/h6-7,10-11,13,16H,4-5,8-9H2,1-3H3. The average Bonchev–Trinajstić information content (AvgIpc) is 2.66. The SMILES string of the molecule is CCCNCC(O)Cn1ccnc1C(C)C. The molecule has 16 heavy (non-hydrogen) atoms. The lowest BCUT2D eigenvalue weighted by molar-refractivity contribution is 0.150. The summed E-state index contributed by atoms with van der Waals surface area (Å²) in [6.07, 6.45) is 4.47. The molecule has 0 bridgehead atoms. The Hall–Kier alpha value is -0.870. The number of aliphatic hydroxyl groups is 1. The maximum absolute atomic E-state index is 9.84. The molecule has 1 heterocycles. The largest absolute Gasteiger partial charge is 0.390 e. The van der Waals surface area contributed by atoms with E-state index in [2.05, 4.69) is 31.1 Å². The smallest absolute Gasteiger partial charge is 0.111 e. The number of aromatic nitrogens is 2. The Bertz CT molecular complexity index is 296. The monoisotopic (exact) mass is 225 g/mol. The summed E-state index contributed by atoms with van der Waals surface area (Å²) >= 11 is 0. The number of imidazole rings is 1. The van der Waals surface area contributed by atoms with Crippen LogP contribution in [0.4, 0.5) is 0 Å². The third-order valence-corrected chi connectivity index (χ3v) is 2.48. The van der Waals surface area contributed by atoms with Gasteiger partial charge in [0.15, 0.2) is 0 Å². The Kier molecular flexibility index (Phi) is 5.49. The average molecular weight is 225 g/mol. The number of rotatable bonds is 7. The minimum Gasteiger partial charge on any atom is -0.390 e. The fourth-order valence-electron chi connectivity index (χ4n) is 1.71. The molecule has 0 aromatic carbocycles. The third kappa shape index (κ3) is 3.94. The number of aliphatic hydroxyl groups excluding tert-OH is 1. The Morgan fingerprint density at radius 2 is 2.25 bits per heavy atom. The van der Waals surface area contributed by atoms with E-state index in [0.717, 1.165) is 18.8 Å². The molecule has 0 aliphatic rings. The molecule has 1 rings (SSSR count). The zero-order valence-corrected chi connectivity index (χ0v) is 10.5.